The number of nitrogens with zero attached hydrogens (tertiary/aromatic N) is 1. The molecule has 0 saturated carbocycles. The van der Waals surface area contributed by atoms with Crippen LogP contribution in [0, 0.1) is 17.6 Å². The molecule has 4 atom stereocenters. The molecule has 0 radical (unpaired) electrons. The second-order valence-electron chi connectivity index (χ2n) is 6.94. The minimum atomic E-state index is -0.880. The predicted molar refractivity (Wildman–Crippen MR) is 88.5 cm³/mol. The van der Waals surface area contributed by atoms with Crippen LogP contribution in [-0.4, -0.2) is 41.4 Å². The van der Waals surface area contributed by atoms with Crippen LogP contribution in [0.3, 0.4) is 0 Å². The fourth-order valence-corrected chi connectivity index (χ4v) is 3.50. The average Bonchev–Trinajstić information content (AvgIpc) is 3.03. The molecule has 0 bridgehead atoms. The van der Waals surface area contributed by atoms with Gasteiger partial charge in [0.1, 0.15) is 12.1 Å². The van der Waals surface area contributed by atoms with Crippen LogP contribution >= 0.6 is 0 Å². The molecule has 3 rings (SSSR count). The molecule has 0 aliphatic carbocycles. The van der Waals surface area contributed by atoms with Gasteiger partial charge in [0.25, 0.3) is 0 Å². The third kappa shape index (κ3) is 3.51. The van der Waals surface area contributed by atoms with Crippen molar-refractivity contribution in [2.45, 2.75) is 51.4 Å². The number of hydrogen-bond donors (Lipinski definition) is 2. The lowest BCUT2D eigenvalue weighted by molar-refractivity contribution is -0.148. The number of rotatable bonds is 5. The highest BCUT2D eigenvalue weighted by molar-refractivity contribution is 5.97. The average molecular weight is 351 g/mol. The smallest absolute Gasteiger partial charge is 0.246 e. The molecule has 0 unspecified atom stereocenters. The van der Waals surface area contributed by atoms with Crippen LogP contribution in [-0.2, 0) is 16.1 Å². The highest BCUT2D eigenvalue weighted by Crippen LogP contribution is 2.26. The lowest BCUT2D eigenvalue weighted by atomic mass is 9.95. The van der Waals surface area contributed by atoms with Crippen LogP contribution in [0.15, 0.2) is 18.2 Å². The number of carbonyl (C=O) groups excluding carboxylic acids is 2. The van der Waals surface area contributed by atoms with Gasteiger partial charge in [-0.1, -0.05) is 26.3 Å². The Balaban J connectivity index is 1.63. The van der Waals surface area contributed by atoms with Crippen molar-refractivity contribution < 1.29 is 18.4 Å². The number of carbonyl (C=O) groups is 2. The molecule has 7 heteroatoms. The molecule has 2 N–H and O–H groups in total. The number of benzene rings is 1. The second kappa shape index (κ2) is 7.07. The number of amides is 2. The Morgan fingerprint density at radius 3 is 2.76 bits per heavy atom. The minimum Gasteiger partial charge on any atom is -0.342 e. The van der Waals surface area contributed by atoms with E-state index in [1.54, 1.807) is 4.90 Å². The van der Waals surface area contributed by atoms with Gasteiger partial charge >= 0.3 is 0 Å². The number of hydrogen-bond acceptors (Lipinski definition) is 3. The number of fused-ring (bicyclic) bond motifs is 1. The van der Waals surface area contributed by atoms with Gasteiger partial charge in [0.2, 0.25) is 11.8 Å². The summed E-state index contributed by atoms with van der Waals surface area (Å²) < 4.78 is 26.2. The molecule has 2 aliphatic rings. The molecule has 2 amide bonds. The number of nitrogens with one attached hydrogen (secondary N) is 2. The maximum absolute atomic E-state index is 13.3. The molecule has 0 aromatic heterocycles. The summed E-state index contributed by atoms with van der Waals surface area (Å²) in [4.78, 5) is 26.6. The van der Waals surface area contributed by atoms with Crippen molar-refractivity contribution >= 4 is 11.8 Å². The molecule has 2 aliphatic heterocycles. The monoisotopic (exact) mass is 351 g/mol. The van der Waals surface area contributed by atoms with E-state index in [-0.39, 0.29) is 23.8 Å². The van der Waals surface area contributed by atoms with Gasteiger partial charge in [-0.05, 0) is 30.0 Å². The largest absolute Gasteiger partial charge is 0.342 e. The maximum atomic E-state index is 13.3. The van der Waals surface area contributed by atoms with E-state index in [2.05, 4.69) is 10.6 Å². The van der Waals surface area contributed by atoms with Crippen LogP contribution in [0.25, 0.3) is 0 Å². The first kappa shape index (κ1) is 17.8. The first-order valence-corrected chi connectivity index (χ1v) is 8.68. The van der Waals surface area contributed by atoms with Crippen molar-refractivity contribution in [2.24, 2.45) is 5.92 Å². The number of halogens is 2. The van der Waals surface area contributed by atoms with Crippen LogP contribution in [0.4, 0.5) is 8.78 Å². The Bertz CT molecular complexity index is 682. The van der Waals surface area contributed by atoms with Gasteiger partial charge in [0.05, 0.1) is 0 Å². The Kier molecular flexibility index (Phi) is 5.03. The van der Waals surface area contributed by atoms with E-state index >= 15 is 0 Å². The third-order valence-electron chi connectivity index (χ3n) is 5.24. The highest BCUT2D eigenvalue weighted by Gasteiger charge is 2.47. The van der Waals surface area contributed by atoms with Gasteiger partial charge in [0.15, 0.2) is 11.6 Å². The summed E-state index contributed by atoms with van der Waals surface area (Å²) in [5.41, 5.74) is 0.622. The lowest BCUT2D eigenvalue weighted by Gasteiger charge is -2.36. The van der Waals surface area contributed by atoms with Gasteiger partial charge < -0.3 is 15.5 Å². The van der Waals surface area contributed by atoms with Crippen molar-refractivity contribution in [1.82, 2.24) is 15.5 Å². The molecule has 2 heterocycles. The van der Waals surface area contributed by atoms with Gasteiger partial charge in [-0.25, -0.2) is 8.78 Å². The second-order valence-corrected chi connectivity index (χ2v) is 6.94. The van der Waals surface area contributed by atoms with Crippen molar-refractivity contribution in [1.29, 1.82) is 0 Å². The normalized spacial score (nSPS) is 27.2. The van der Waals surface area contributed by atoms with E-state index in [1.807, 2.05) is 13.8 Å². The van der Waals surface area contributed by atoms with Gasteiger partial charge in [-0.2, -0.15) is 0 Å². The summed E-state index contributed by atoms with van der Waals surface area (Å²) in [5.74, 6) is -1.81. The topological polar surface area (TPSA) is 61.4 Å². The zero-order valence-corrected chi connectivity index (χ0v) is 14.4. The van der Waals surface area contributed by atoms with Gasteiger partial charge in [0, 0.05) is 19.1 Å². The predicted octanol–water partition coefficient (Wildman–Crippen LogP) is 1.57. The lowest BCUT2D eigenvalue weighted by Crippen LogP contribution is -2.62. The van der Waals surface area contributed by atoms with Crippen LogP contribution in [0.2, 0.25) is 0 Å². The first-order chi connectivity index (χ1) is 11.9. The summed E-state index contributed by atoms with van der Waals surface area (Å²) in [6.07, 6.45) is 1.33. The molecule has 25 heavy (non-hydrogen) atoms. The van der Waals surface area contributed by atoms with Crippen LogP contribution in [0.5, 0.6) is 0 Å². The van der Waals surface area contributed by atoms with E-state index in [4.69, 9.17) is 0 Å². The molecular weight excluding hydrogens is 328 g/mol. The summed E-state index contributed by atoms with van der Waals surface area (Å²) in [5, 5.41) is 6.08. The highest BCUT2D eigenvalue weighted by atomic mass is 19.2. The van der Waals surface area contributed by atoms with Crippen molar-refractivity contribution in [3.8, 4) is 0 Å². The molecule has 1 aromatic rings. The number of piperazine rings is 1. The molecule has 5 nitrogen and oxygen atoms in total. The quantitative estimate of drug-likeness (QED) is 0.847. The van der Waals surface area contributed by atoms with Crippen LogP contribution < -0.4 is 10.6 Å². The van der Waals surface area contributed by atoms with Crippen molar-refractivity contribution in [3.05, 3.63) is 35.4 Å². The summed E-state index contributed by atoms with van der Waals surface area (Å²) in [6, 6.07) is 2.81. The fraction of sp³-hybridized carbons (Fsp3) is 0.556. The van der Waals surface area contributed by atoms with Crippen molar-refractivity contribution in [3.63, 3.8) is 0 Å². The first-order valence-electron chi connectivity index (χ1n) is 8.68. The van der Waals surface area contributed by atoms with E-state index in [0.717, 1.165) is 18.6 Å². The molecule has 1 aromatic carbocycles. The summed E-state index contributed by atoms with van der Waals surface area (Å²) in [6.45, 7) is 4.75. The standard InChI is InChI=1S/C18H23F2N3O2/c1-3-10(2)16-18(25)23-9-12(7-15(23)17(24)22-16)21-8-11-4-5-13(19)14(20)6-11/h4-6,10,12,15-16,21H,3,7-9H2,1-2H3,(H,22,24)/t10-,12-,15-,16-/m0/s1. The zero-order valence-electron chi connectivity index (χ0n) is 14.4. The van der Waals surface area contributed by atoms with E-state index in [0.29, 0.717) is 25.1 Å². The fourth-order valence-electron chi connectivity index (χ4n) is 3.50. The molecule has 2 fully saturated rings. The molecule has 136 valence electrons. The Morgan fingerprint density at radius 1 is 1.32 bits per heavy atom. The third-order valence-corrected chi connectivity index (χ3v) is 5.24. The maximum Gasteiger partial charge on any atom is 0.246 e. The van der Waals surface area contributed by atoms with E-state index in [9.17, 15) is 18.4 Å². The summed E-state index contributed by atoms with van der Waals surface area (Å²) >= 11 is 0. The molecule has 2 saturated heterocycles. The minimum absolute atomic E-state index is 0.0314. The van der Waals surface area contributed by atoms with Crippen molar-refractivity contribution in [2.75, 3.05) is 6.54 Å². The zero-order chi connectivity index (χ0) is 18.1. The van der Waals surface area contributed by atoms with Gasteiger partial charge in [-0.3, -0.25) is 9.59 Å². The van der Waals surface area contributed by atoms with Crippen LogP contribution in [0.1, 0.15) is 32.3 Å². The Labute approximate surface area is 145 Å². The Hall–Kier alpha value is -2.02. The van der Waals surface area contributed by atoms with E-state index in [1.165, 1.54) is 6.07 Å². The molecular formula is C18H23F2N3O2. The van der Waals surface area contributed by atoms with Gasteiger partial charge in [-0.15, -0.1) is 0 Å². The Morgan fingerprint density at radius 2 is 2.08 bits per heavy atom. The molecule has 0 spiro atoms. The summed E-state index contributed by atoms with van der Waals surface area (Å²) in [7, 11) is 0. The van der Waals surface area contributed by atoms with E-state index < -0.39 is 23.7 Å². The SMILES string of the molecule is CC[C@H](C)[C@@H]1NC(=O)[C@@H]2C[C@H](NCc3ccc(F)c(F)c3)CN2C1=O.